The molecular weight excluding hydrogens is 190 g/mol. The Morgan fingerprint density at radius 3 is 2.07 bits per heavy atom. The molecule has 0 unspecified atom stereocenters. The molecule has 0 spiro atoms. The summed E-state index contributed by atoms with van der Waals surface area (Å²) < 4.78 is 2.30. The van der Waals surface area contributed by atoms with Crippen molar-refractivity contribution in [3.63, 3.8) is 0 Å². The minimum atomic E-state index is 0.215. The molecule has 0 aromatic carbocycles. The molecule has 0 N–H and O–H groups in total. The van der Waals surface area contributed by atoms with Gasteiger partial charge in [0, 0.05) is 20.8 Å². The van der Waals surface area contributed by atoms with Crippen molar-refractivity contribution in [1.82, 2.24) is 0 Å². The number of hydrogen-bond donors (Lipinski definition) is 0. The summed E-state index contributed by atoms with van der Waals surface area (Å²) in [6, 6.07) is 0. The summed E-state index contributed by atoms with van der Waals surface area (Å²) in [5.74, 6) is 0. The molecule has 0 atom stereocenters. The van der Waals surface area contributed by atoms with Gasteiger partial charge in [0.15, 0.2) is 11.7 Å². The van der Waals surface area contributed by atoms with Crippen LogP contribution in [0.4, 0.5) is 0 Å². The fourth-order valence-electron chi connectivity index (χ4n) is 1.30. The van der Waals surface area contributed by atoms with Crippen molar-refractivity contribution >= 4 is 11.3 Å². The maximum Gasteiger partial charge on any atom is 0.225 e. The molecule has 1 rings (SSSR count). The van der Waals surface area contributed by atoms with E-state index in [2.05, 4.69) is 57.8 Å². The van der Waals surface area contributed by atoms with Crippen molar-refractivity contribution in [3.05, 3.63) is 16.6 Å². The Hall–Kier alpha value is -0.370. The molecule has 1 heterocycles. The number of aromatic nitrogens is 1. The van der Waals surface area contributed by atoms with Gasteiger partial charge in [0.25, 0.3) is 0 Å². The largest absolute Gasteiger partial charge is 0.225 e. The number of thiazole rings is 1. The van der Waals surface area contributed by atoms with Crippen LogP contribution in [0, 0.1) is 5.41 Å². The van der Waals surface area contributed by atoms with E-state index in [1.54, 1.807) is 0 Å². The first-order valence-electron chi connectivity index (χ1n) is 5.18. The maximum atomic E-state index is 2.30. The number of hydrogen-bond acceptors (Lipinski definition) is 1. The third-order valence-electron chi connectivity index (χ3n) is 2.08. The van der Waals surface area contributed by atoms with Gasteiger partial charge < -0.3 is 0 Å². The molecule has 0 aliphatic carbocycles. The van der Waals surface area contributed by atoms with Crippen LogP contribution in [0.1, 0.15) is 46.4 Å². The molecule has 0 saturated heterocycles. The molecule has 1 aromatic rings. The van der Waals surface area contributed by atoms with Crippen LogP contribution in [-0.4, -0.2) is 0 Å². The monoisotopic (exact) mass is 212 g/mol. The highest BCUT2D eigenvalue weighted by atomic mass is 32.1. The van der Waals surface area contributed by atoms with Crippen molar-refractivity contribution in [2.75, 3.05) is 0 Å². The molecule has 1 nitrogen and oxygen atoms in total. The summed E-state index contributed by atoms with van der Waals surface area (Å²) >= 11 is 1.87. The van der Waals surface area contributed by atoms with Crippen LogP contribution in [0.15, 0.2) is 11.7 Å². The molecule has 0 amide bonds. The van der Waals surface area contributed by atoms with Crippen LogP contribution in [0.2, 0.25) is 0 Å². The van der Waals surface area contributed by atoms with Gasteiger partial charge in [0.2, 0.25) is 5.51 Å². The third kappa shape index (κ3) is 3.41. The molecule has 0 bridgehead atoms. The lowest BCUT2D eigenvalue weighted by Gasteiger charge is -2.15. The van der Waals surface area contributed by atoms with E-state index >= 15 is 0 Å². The summed E-state index contributed by atoms with van der Waals surface area (Å²) in [5, 5.41) is 0. The molecule has 0 fully saturated rings. The molecule has 80 valence electrons. The third-order valence-corrected chi connectivity index (χ3v) is 2.96. The second-order valence-corrected chi connectivity index (χ2v) is 7.11. The fraction of sp³-hybridized carbons (Fsp3) is 0.750. The van der Waals surface area contributed by atoms with E-state index in [1.165, 1.54) is 11.3 Å². The van der Waals surface area contributed by atoms with Crippen LogP contribution < -0.4 is 4.57 Å². The van der Waals surface area contributed by atoms with Gasteiger partial charge in [-0.3, -0.25) is 0 Å². The van der Waals surface area contributed by atoms with Gasteiger partial charge in [0.1, 0.15) is 0 Å². The molecule has 0 radical (unpaired) electrons. The number of nitrogens with zero attached hydrogens (tertiary/aromatic N) is 1. The zero-order valence-corrected chi connectivity index (χ0v) is 11.0. The van der Waals surface area contributed by atoms with Crippen molar-refractivity contribution < 1.29 is 4.57 Å². The molecule has 0 saturated carbocycles. The first-order chi connectivity index (χ1) is 6.18. The molecule has 1 aromatic heterocycles. The van der Waals surface area contributed by atoms with Crippen LogP contribution in [0.5, 0.6) is 0 Å². The van der Waals surface area contributed by atoms with E-state index in [0.29, 0.717) is 5.41 Å². The second-order valence-electron chi connectivity index (χ2n) is 6.13. The van der Waals surface area contributed by atoms with Crippen LogP contribution >= 0.6 is 11.3 Å². The minimum Gasteiger partial charge on any atom is -0.191 e. The first-order valence-corrected chi connectivity index (χ1v) is 6.06. The van der Waals surface area contributed by atoms with Crippen molar-refractivity contribution in [1.29, 1.82) is 0 Å². The summed E-state index contributed by atoms with van der Waals surface area (Å²) in [4.78, 5) is 1.48. The highest BCUT2D eigenvalue weighted by Crippen LogP contribution is 2.22. The lowest BCUT2D eigenvalue weighted by atomic mass is 9.92. The topological polar surface area (TPSA) is 3.88 Å². The number of rotatable bonds is 1. The van der Waals surface area contributed by atoms with E-state index in [9.17, 15) is 0 Å². The summed E-state index contributed by atoms with van der Waals surface area (Å²) in [6.45, 7) is 13.6. The average Bonchev–Trinajstić information content (AvgIpc) is 2.29. The Kier molecular flexibility index (Phi) is 3.05. The van der Waals surface area contributed by atoms with E-state index in [4.69, 9.17) is 0 Å². The van der Waals surface area contributed by atoms with Crippen LogP contribution in [0.25, 0.3) is 0 Å². The zero-order chi connectivity index (χ0) is 11.0. The van der Waals surface area contributed by atoms with Gasteiger partial charge in [0.05, 0.1) is 4.88 Å². The van der Waals surface area contributed by atoms with Crippen molar-refractivity contribution in [2.24, 2.45) is 5.41 Å². The lowest BCUT2D eigenvalue weighted by molar-refractivity contribution is -0.750. The molecule has 0 aliphatic heterocycles. The lowest BCUT2D eigenvalue weighted by Crippen LogP contribution is -2.48. The Balaban J connectivity index is 2.79. The van der Waals surface area contributed by atoms with Crippen LogP contribution in [0.3, 0.4) is 0 Å². The smallest absolute Gasteiger partial charge is 0.191 e. The predicted molar refractivity (Wildman–Crippen MR) is 62.7 cm³/mol. The zero-order valence-electron chi connectivity index (χ0n) is 10.2. The van der Waals surface area contributed by atoms with Gasteiger partial charge in [-0.05, 0) is 11.8 Å². The molecule has 0 aliphatic rings. The molecule has 2 heteroatoms. The highest BCUT2D eigenvalue weighted by molar-refractivity contribution is 7.09. The summed E-state index contributed by atoms with van der Waals surface area (Å²) in [6.07, 6.45) is 3.46. The predicted octanol–water partition coefficient (Wildman–Crippen LogP) is 3.38. The van der Waals surface area contributed by atoms with Gasteiger partial charge >= 0.3 is 0 Å². The standard InChI is InChI=1S/C12H22NS/c1-11(2,3)7-10-8-13(9-14-10)12(4,5)6/h8-9H,7H2,1-6H3/q+1. The van der Waals surface area contributed by atoms with Gasteiger partial charge in [-0.25, -0.2) is 0 Å². The van der Waals surface area contributed by atoms with Gasteiger partial charge in [-0.1, -0.05) is 32.1 Å². The van der Waals surface area contributed by atoms with Crippen molar-refractivity contribution in [2.45, 2.75) is 53.5 Å². The quantitative estimate of drug-likeness (QED) is 0.628. The Morgan fingerprint density at radius 2 is 1.71 bits per heavy atom. The second kappa shape index (κ2) is 3.65. The SMILES string of the molecule is CC(C)(C)Cc1c[n+](C(C)(C)C)cs1. The molecular formula is C12H22NS+. The van der Waals surface area contributed by atoms with E-state index < -0.39 is 0 Å². The fourth-order valence-corrected chi connectivity index (χ4v) is 2.62. The van der Waals surface area contributed by atoms with E-state index in [-0.39, 0.29) is 5.54 Å². The summed E-state index contributed by atoms with van der Waals surface area (Å²) in [5.41, 5.74) is 2.83. The maximum absolute atomic E-state index is 2.30. The Labute approximate surface area is 91.8 Å². The van der Waals surface area contributed by atoms with E-state index in [0.717, 1.165) is 0 Å². The average molecular weight is 212 g/mol. The van der Waals surface area contributed by atoms with Gasteiger partial charge in [-0.2, -0.15) is 4.57 Å². The molecule has 14 heavy (non-hydrogen) atoms. The highest BCUT2D eigenvalue weighted by Gasteiger charge is 2.24. The minimum absolute atomic E-state index is 0.215. The summed E-state index contributed by atoms with van der Waals surface area (Å²) in [7, 11) is 0. The van der Waals surface area contributed by atoms with Crippen LogP contribution in [-0.2, 0) is 12.0 Å². The Bertz CT molecular complexity index is 299. The van der Waals surface area contributed by atoms with Gasteiger partial charge in [-0.15, -0.1) is 0 Å². The van der Waals surface area contributed by atoms with Crippen molar-refractivity contribution in [3.8, 4) is 0 Å². The Morgan fingerprint density at radius 1 is 1.14 bits per heavy atom. The first kappa shape index (κ1) is 11.7. The normalized spacial score (nSPS) is 13.3. The van der Waals surface area contributed by atoms with E-state index in [1.807, 2.05) is 11.3 Å².